The number of sulfonamides is 1. The molecule has 2 atom stereocenters. The van der Waals surface area contributed by atoms with Crippen LogP contribution >= 0.6 is 11.3 Å². The van der Waals surface area contributed by atoms with Crippen LogP contribution in [0.15, 0.2) is 40.6 Å². The van der Waals surface area contributed by atoms with E-state index in [1.165, 1.54) is 33.5 Å². The normalized spacial score (nSPS) is 19.6. The maximum atomic E-state index is 13.3. The zero-order valence-electron chi connectivity index (χ0n) is 18.4. The van der Waals surface area contributed by atoms with Gasteiger partial charge in [0.1, 0.15) is 9.96 Å². The van der Waals surface area contributed by atoms with Gasteiger partial charge in [-0.05, 0) is 42.2 Å². The molecule has 1 saturated heterocycles. The third kappa shape index (κ3) is 5.77. The van der Waals surface area contributed by atoms with E-state index in [9.17, 15) is 31.2 Å². The standard InChI is InChI=1S/C21H24F3N3O5S2/c1-26(2)19(28)15-8-14(13-4-3-5-16(9-13)32-20(29)21(22,23)24)11-27(12-15)34(30,31)18-7-6-17(10-25)33-18/h3-7,9,14-15H,8,10-12,25H2,1-2H3/t14-,15+/m1/s1. The Kier molecular flexibility index (Phi) is 7.70. The van der Waals surface area contributed by atoms with E-state index in [1.807, 2.05) is 0 Å². The molecule has 0 saturated carbocycles. The smallest absolute Gasteiger partial charge is 0.420 e. The molecule has 1 aliphatic heterocycles. The monoisotopic (exact) mass is 519 g/mol. The largest absolute Gasteiger partial charge is 0.491 e. The second kappa shape index (κ2) is 10.0. The van der Waals surface area contributed by atoms with E-state index in [1.54, 1.807) is 26.2 Å². The van der Waals surface area contributed by atoms with Crippen molar-refractivity contribution >= 4 is 33.2 Å². The molecule has 0 bridgehead atoms. The van der Waals surface area contributed by atoms with Crippen molar-refractivity contribution in [1.29, 1.82) is 0 Å². The number of benzene rings is 1. The number of thiophene rings is 1. The maximum Gasteiger partial charge on any atom is 0.491 e. The molecule has 2 heterocycles. The number of carbonyl (C=O) groups is 2. The first-order valence-electron chi connectivity index (χ1n) is 10.2. The molecule has 34 heavy (non-hydrogen) atoms. The number of amides is 1. The van der Waals surface area contributed by atoms with Crippen molar-refractivity contribution in [2.75, 3.05) is 27.2 Å². The molecule has 1 aromatic heterocycles. The summed E-state index contributed by atoms with van der Waals surface area (Å²) in [6.45, 7) is 0.161. The van der Waals surface area contributed by atoms with Gasteiger partial charge in [-0.15, -0.1) is 11.3 Å². The SMILES string of the molecule is CN(C)C(=O)[C@H]1C[C@@H](c2cccc(OC(=O)C(F)(F)F)c2)CN(S(=O)(=O)c2ccc(CN)s2)C1. The second-order valence-corrected chi connectivity index (χ2v) is 11.4. The molecule has 13 heteroatoms. The molecule has 2 N–H and O–H groups in total. The summed E-state index contributed by atoms with van der Waals surface area (Å²) >= 11 is 1.04. The Hall–Kier alpha value is -2.48. The number of hydrogen-bond acceptors (Lipinski definition) is 7. The number of alkyl halides is 3. The van der Waals surface area contributed by atoms with Crippen molar-refractivity contribution in [2.45, 2.75) is 29.3 Å². The lowest BCUT2D eigenvalue weighted by atomic mass is 9.85. The molecule has 1 aromatic carbocycles. The van der Waals surface area contributed by atoms with Crippen molar-refractivity contribution in [2.24, 2.45) is 11.7 Å². The highest BCUT2D eigenvalue weighted by molar-refractivity contribution is 7.91. The van der Waals surface area contributed by atoms with E-state index < -0.39 is 34.0 Å². The van der Waals surface area contributed by atoms with Gasteiger partial charge < -0.3 is 15.4 Å². The lowest BCUT2D eigenvalue weighted by Gasteiger charge is -2.37. The van der Waals surface area contributed by atoms with Gasteiger partial charge in [-0.25, -0.2) is 13.2 Å². The van der Waals surface area contributed by atoms with Gasteiger partial charge in [0.25, 0.3) is 10.0 Å². The molecule has 1 fully saturated rings. The van der Waals surface area contributed by atoms with Gasteiger partial charge in [0.05, 0.1) is 5.92 Å². The Balaban J connectivity index is 1.93. The summed E-state index contributed by atoms with van der Waals surface area (Å²) in [5.41, 5.74) is 6.06. The topological polar surface area (TPSA) is 110 Å². The van der Waals surface area contributed by atoms with Crippen molar-refractivity contribution in [3.63, 3.8) is 0 Å². The van der Waals surface area contributed by atoms with E-state index >= 15 is 0 Å². The fourth-order valence-corrected chi connectivity index (χ4v) is 6.69. The maximum absolute atomic E-state index is 13.3. The van der Waals surface area contributed by atoms with Crippen LogP contribution in [0.25, 0.3) is 0 Å². The highest BCUT2D eigenvalue weighted by Crippen LogP contribution is 2.36. The average Bonchev–Trinajstić information content (AvgIpc) is 3.28. The minimum absolute atomic E-state index is 0.00602. The number of nitrogens with two attached hydrogens (primary N) is 1. The fraction of sp³-hybridized carbons (Fsp3) is 0.429. The van der Waals surface area contributed by atoms with Crippen molar-refractivity contribution < 1.29 is 35.9 Å². The molecule has 3 rings (SSSR count). The van der Waals surface area contributed by atoms with Crippen LogP contribution < -0.4 is 10.5 Å². The number of rotatable bonds is 6. The molecule has 0 aliphatic carbocycles. The van der Waals surface area contributed by atoms with Gasteiger partial charge in [-0.3, -0.25) is 4.79 Å². The molecule has 2 aromatic rings. The number of esters is 1. The summed E-state index contributed by atoms with van der Waals surface area (Å²) in [4.78, 5) is 26.0. The van der Waals surface area contributed by atoms with Crippen molar-refractivity contribution in [3.8, 4) is 5.75 Å². The fourth-order valence-electron chi connectivity index (χ4n) is 3.77. The van der Waals surface area contributed by atoms with Crippen LogP contribution in [0.3, 0.4) is 0 Å². The Labute approximate surface area is 199 Å². The Bertz CT molecular complexity index is 1160. The number of hydrogen-bond donors (Lipinski definition) is 1. The molecule has 8 nitrogen and oxygen atoms in total. The minimum atomic E-state index is -5.15. The van der Waals surface area contributed by atoms with Crippen molar-refractivity contribution in [1.82, 2.24) is 9.21 Å². The van der Waals surface area contributed by atoms with Gasteiger partial charge in [0.2, 0.25) is 5.91 Å². The third-order valence-electron chi connectivity index (χ3n) is 5.41. The van der Waals surface area contributed by atoms with Crippen LogP contribution in [0.2, 0.25) is 0 Å². The minimum Gasteiger partial charge on any atom is -0.420 e. The Morgan fingerprint density at radius 1 is 1.21 bits per heavy atom. The predicted molar refractivity (Wildman–Crippen MR) is 119 cm³/mol. The highest BCUT2D eigenvalue weighted by atomic mass is 32.2. The molecule has 0 unspecified atom stereocenters. The van der Waals surface area contributed by atoms with Crippen LogP contribution in [0.4, 0.5) is 13.2 Å². The Morgan fingerprint density at radius 3 is 2.50 bits per heavy atom. The molecule has 0 spiro atoms. The van der Waals surface area contributed by atoms with E-state index in [2.05, 4.69) is 4.74 Å². The highest BCUT2D eigenvalue weighted by Gasteiger charge is 2.42. The summed E-state index contributed by atoms with van der Waals surface area (Å²) in [6, 6.07) is 8.57. The number of ether oxygens (including phenoxy) is 1. The second-order valence-electron chi connectivity index (χ2n) is 8.07. The van der Waals surface area contributed by atoms with Crippen LogP contribution in [0, 0.1) is 5.92 Å². The first-order valence-corrected chi connectivity index (χ1v) is 12.5. The third-order valence-corrected chi connectivity index (χ3v) is 8.82. The van der Waals surface area contributed by atoms with Crippen molar-refractivity contribution in [3.05, 3.63) is 46.8 Å². The molecule has 0 radical (unpaired) electrons. The number of piperidine rings is 1. The summed E-state index contributed by atoms with van der Waals surface area (Å²) in [6.07, 6.45) is -4.88. The van der Waals surface area contributed by atoms with Gasteiger partial charge in [-0.2, -0.15) is 17.5 Å². The summed E-state index contributed by atoms with van der Waals surface area (Å²) in [5, 5.41) is 0. The van der Waals surface area contributed by atoms with Crippen LogP contribution in [-0.2, 0) is 26.2 Å². The average molecular weight is 520 g/mol. The number of carbonyl (C=O) groups excluding carboxylic acids is 2. The van der Waals surface area contributed by atoms with Gasteiger partial charge in [0, 0.05) is 38.6 Å². The van der Waals surface area contributed by atoms with Crippen LogP contribution in [0.1, 0.15) is 22.8 Å². The lowest BCUT2D eigenvalue weighted by molar-refractivity contribution is -0.189. The zero-order valence-corrected chi connectivity index (χ0v) is 20.0. The molecule has 186 valence electrons. The first kappa shape index (κ1) is 26.1. The molecule has 1 aliphatic rings. The van der Waals surface area contributed by atoms with Gasteiger partial charge >= 0.3 is 12.1 Å². The first-order chi connectivity index (χ1) is 15.8. The van der Waals surface area contributed by atoms with E-state index in [-0.39, 0.29) is 41.9 Å². The van der Waals surface area contributed by atoms with Crippen LogP contribution in [-0.4, -0.2) is 62.9 Å². The van der Waals surface area contributed by atoms with Crippen LogP contribution in [0.5, 0.6) is 5.75 Å². The Morgan fingerprint density at radius 2 is 1.91 bits per heavy atom. The summed E-state index contributed by atoms with van der Waals surface area (Å²) in [5.74, 6) is -4.12. The number of halogens is 3. The summed E-state index contributed by atoms with van der Waals surface area (Å²) in [7, 11) is -0.813. The van der Waals surface area contributed by atoms with Gasteiger partial charge in [0.15, 0.2) is 0 Å². The molecular formula is C21H24F3N3O5S2. The molecule has 1 amide bonds. The summed E-state index contributed by atoms with van der Waals surface area (Å²) < 4.78 is 70.1. The molecular weight excluding hydrogens is 495 g/mol. The predicted octanol–water partition coefficient (Wildman–Crippen LogP) is 2.56. The lowest BCUT2D eigenvalue weighted by Crippen LogP contribution is -2.47. The quantitative estimate of drug-likeness (QED) is 0.464. The zero-order chi connectivity index (χ0) is 25.3. The number of nitrogens with zero attached hydrogens (tertiary/aromatic N) is 2. The van der Waals surface area contributed by atoms with E-state index in [0.29, 0.717) is 10.4 Å². The van der Waals surface area contributed by atoms with E-state index in [4.69, 9.17) is 5.73 Å². The van der Waals surface area contributed by atoms with Gasteiger partial charge in [-0.1, -0.05) is 12.1 Å². The van der Waals surface area contributed by atoms with E-state index in [0.717, 1.165) is 11.3 Å².